The van der Waals surface area contributed by atoms with Gasteiger partial charge in [0.05, 0.1) is 12.5 Å². The summed E-state index contributed by atoms with van der Waals surface area (Å²) in [6.45, 7) is 4.59. The molecule has 0 radical (unpaired) electrons. The second-order valence-electron chi connectivity index (χ2n) is 9.72. The Morgan fingerprint density at radius 2 is 1.79 bits per heavy atom. The molecule has 0 aliphatic heterocycles. The molecule has 188 valence electrons. The van der Waals surface area contributed by atoms with Crippen LogP contribution in [0.3, 0.4) is 0 Å². The van der Waals surface area contributed by atoms with Crippen LogP contribution in [0, 0.1) is 17.8 Å². The summed E-state index contributed by atoms with van der Waals surface area (Å²) in [7, 11) is 0. The number of benzene rings is 1. The van der Waals surface area contributed by atoms with Crippen LogP contribution in [0.15, 0.2) is 30.3 Å². The molecule has 1 fully saturated rings. The van der Waals surface area contributed by atoms with Crippen LogP contribution in [-0.4, -0.2) is 35.7 Å². The van der Waals surface area contributed by atoms with E-state index in [0.29, 0.717) is 24.7 Å². The minimum atomic E-state index is -0.692. The van der Waals surface area contributed by atoms with Gasteiger partial charge in [-0.15, -0.1) is 12.4 Å². The van der Waals surface area contributed by atoms with Crippen LogP contribution in [-0.2, 0) is 20.9 Å². The zero-order valence-electron chi connectivity index (χ0n) is 20.2. The second-order valence-corrected chi connectivity index (χ2v) is 9.72. The Labute approximate surface area is 205 Å². The maximum Gasteiger partial charge on any atom is 0.307 e. The zero-order valence-corrected chi connectivity index (χ0v) is 21.0. The summed E-state index contributed by atoms with van der Waals surface area (Å²) in [6.07, 6.45) is 7.47. The van der Waals surface area contributed by atoms with Gasteiger partial charge in [-0.3, -0.25) is 9.59 Å². The average Bonchev–Trinajstić information content (AvgIpc) is 2.78. The van der Waals surface area contributed by atoms with Crippen LogP contribution in [0.4, 0.5) is 0 Å². The van der Waals surface area contributed by atoms with Crippen LogP contribution in [0.2, 0.25) is 0 Å². The average molecular weight is 483 g/mol. The zero-order chi connectivity index (χ0) is 23.3. The third-order valence-electron chi connectivity index (χ3n) is 6.35. The number of hydrogen-bond donors (Lipinski definition) is 3. The van der Waals surface area contributed by atoms with E-state index in [9.17, 15) is 14.7 Å². The molecule has 0 aromatic heterocycles. The molecule has 0 spiro atoms. The van der Waals surface area contributed by atoms with Crippen molar-refractivity contribution in [3.63, 3.8) is 0 Å². The van der Waals surface area contributed by atoms with Crippen LogP contribution >= 0.6 is 12.4 Å². The highest BCUT2D eigenvalue weighted by molar-refractivity contribution is 5.85. The minimum absolute atomic E-state index is 0. The molecule has 1 saturated carbocycles. The van der Waals surface area contributed by atoms with Gasteiger partial charge in [-0.2, -0.15) is 0 Å². The van der Waals surface area contributed by atoms with Gasteiger partial charge in [0.25, 0.3) is 0 Å². The summed E-state index contributed by atoms with van der Waals surface area (Å²) in [5.41, 5.74) is 7.24. The Balaban J connectivity index is 0.00000544. The van der Waals surface area contributed by atoms with Gasteiger partial charge >= 0.3 is 5.97 Å². The number of nitrogens with one attached hydrogen (secondary N) is 1. The number of halogens is 1. The number of aliphatic hydroxyl groups is 1. The highest BCUT2D eigenvalue weighted by atomic mass is 35.5. The molecule has 2 rings (SSSR count). The van der Waals surface area contributed by atoms with E-state index in [2.05, 4.69) is 19.2 Å². The van der Waals surface area contributed by atoms with Crippen molar-refractivity contribution in [2.75, 3.05) is 6.54 Å². The van der Waals surface area contributed by atoms with E-state index in [1.807, 2.05) is 30.3 Å². The highest BCUT2D eigenvalue weighted by Gasteiger charge is 2.28. The molecule has 3 atom stereocenters. The number of amides is 1. The van der Waals surface area contributed by atoms with Gasteiger partial charge in [0, 0.05) is 18.5 Å². The molecule has 4 N–H and O–H groups in total. The number of hydrogen-bond acceptors (Lipinski definition) is 5. The molecule has 6 nitrogen and oxygen atoms in total. The summed E-state index contributed by atoms with van der Waals surface area (Å²) in [5.74, 6) is 0.126. The molecule has 0 heterocycles. The number of nitrogens with two attached hydrogens (primary N) is 1. The van der Waals surface area contributed by atoms with Crippen molar-refractivity contribution in [2.45, 2.75) is 90.4 Å². The summed E-state index contributed by atoms with van der Waals surface area (Å²) in [4.78, 5) is 24.7. The molecule has 1 aromatic rings. The molecular formula is C26H43ClN2O4. The van der Waals surface area contributed by atoms with Gasteiger partial charge < -0.3 is 20.9 Å². The minimum Gasteiger partial charge on any atom is -0.461 e. The van der Waals surface area contributed by atoms with E-state index in [4.69, 9.17) is 10.5 Å². The van der Waals surface area contributed by atoms with Crippen molar-refractivity contribution in [3.05, 3.63) is 35.9 Å². The predicted molar refractivity (Wildman–Crippen MR) is 134 cm³/mol. The van der Waals surface area contributed by atoms with Gasteiger partial charge in [-0.05, 0) is 36.7 Å². The van der Waals surface area contributed by atoms with Gasteiger partial charge in [0.1, 0.15) is 6.61 Å². The van der Waals surface area contributed by atoms with Gasteiger partial charge in [-0.1, -0.05) is 76.3 Å². The summed E-state index contributed by atoms with van der Waals surface area (Å²) < 4.78 is 5.26. The molecule has 0 saturated heterocycles. The molecule has 1 amide bonds. The van der Waals surface area contributed by atoms with E-state index < -0.39 is 6.10 Å². The highest BCUT2D eigenvalue weighted by Crippen LogP contribution is 2.28. The largest absolute Gasteiger partial charge is 0.461 e. The number of rotatable bonds is 13. The summed E-state index contributed by atoms with van der Waals surface area (Å²) >= 11 is 0. The maximum atomic E-state index is 12.8. The summed E-state index contributed by atoms with van der Waals surface area (Å²) in [5, 5.41) is 13.5. The summed E-state index contributed by atoms with van der Waals surface area (Å²) in [6, 6.07) is 9.20. The topological polar surface area (TPSA) is 102 Å². The molecule has 1 aromatic carbocycles. The Hall–Kier alpha value is -1.63. The van der Waals surface area contributed by atoms with E-state index in [-0.39, 0.29) is 55.8 Å². The standard InChI is InChI=1S/C26H42N2O4.ClH/c1-19(2)15-22(17-24(29)23(27)16-20-9-5-3-6-10-20)26(31)28-14-13-25(30)32-18-21-11-7-4-8-12-21;/h4,7-8,11-12,19-20,22-24,29H,3,5-6,9-10,13-18,27H2,1-2H3,(H,28,31);1H/t22-,23+,24+;/m1./s1. The fourth-order valence-electron chi connectivity index (χ4n) is 4.55. The molecule has 0 unspecified atom stereocenters. The lowest BCUT2D eigenvalue weighted by atomic mass is 9.82. The van der Waals surface area contributed by atoms with Crippen LogP contribution in [0.1, 0.15) is 77.2 Å². The third kappa shape index (κ3) is 11.9. The van der Waals surface area contributed by atoms with E-state index in [0.717, 1.165) is 12.0 Å². The number of carbonyl (C=O) groups is 2. The molecular weight excluding hydrogens is 440 g/mol. The SMILES string of the molecule is CC(C)C[C@H](C[C@H](O)[C@@H](N)CC1CCCCC1)C(=O)NCCC(=O)OCc1ccccc1.Cl. The van der Waals surface area contributed by atoms with Crippen LogP contribution < -0.4 is 11.1 Å². The normalized spacial score (nSPS) is 17.0. The lowest BCUT2D eigenvalue weighted by Crippen LogP contribution is -2.41. The van der Waals surface area contributed by atoms with E-state index in [1.165, 1.54) is 32.1 Å². The molecule has 7 heteroatoms. The predicted octanol–water partition coefficient (Wildman–Crippen LogP) is 4.37. The number of esters is 1. The Bertz CT molecular complexity index is 680. The number of carbonyl (C=O) groups excluding carboxylic acids is 2. The first kappa shape index (κ1) is 29.4. The first-order valence-electron chi connectivity index (χ1n) is 12.3. The van der Waals surface area contributed by atoms with Crippen molar-refractivity contribution in [2.24, 2.45) is 23.5 Å². The molecule has 0 bridgehead atoms. The van der Waals surface area contributed by atoms with Gasteiger partial charge in [-0.25, -0.2) is 0 Å². The van der Waals surface area contributed by atoms with Crippen LogP contribution in [0.25, 0.3) is 0 Å². The Morgan fingerprint density at radius 3 is 2.42 bits per heavy atom. The quantitative estimate of drug-likeness (QED) is 0.362. The maximum absolute atomic E-state index is 12.8. The third-order valence-corrected chi connectivity index (χ3v) is 6.35. The lowest BCUT2D eigenvalue weighted by Gasteiger charge is -2.29. The fraction of sp³-hybridized carbons (Fsp3) is 0.692. The van der Waals surface area contributed by atoms with Crippen molar-refractivity contribution >= 4 is 24.3 Å². The Kier molecular flexibility index (Phi) is 14.3. The Morgan fingerprint density at radius 1 is 1.12 bits per heavy atom. The number of aliphatic hydroxyl groups excluding tert-OH is 1. The molecule has 33 heavy (non-hydrogen) atoms. The lowest BCUT2D eigenvalue weighted by molar-refractivity contribution is -0.144. The second kappa shape index (κ2) is 16.1. The monoisotopic (exact) mass is 482 g/mol. The smallest absolute Gasteiger partial charge is 0.307 e. The van der Waals surface area contributed by atoms with Crippen molar-refractivity contribution in [3.8, 4) is 0 Å². The van der Waals surface area contributed by atoms with E-state index in [1.54, 1.807) is 0 Å². The van der Waals surface area contributed by atoms with Gasteiger partial charge in [0.15, 0.2) is 0 Å². The van der Waals surface area contributed by atoms with Crippen molar-refractivity contribution in [1.29, 1.82) is 0 Å². The molecule has 1 aliphatic carbocycles. The number of ether oxygens (including phenoxy) is 1. The van der Waals surface area contributed by atoms with Crippen molar-refractivity contribution in [1.82, 2.24) is 5.32 Å². The van der Waals surface area contributed by atoms with Crippen LogP contribution in [0.5, 0.6) is 0 Å². The van der Waals surface area contributed by atoms with E-state index >= 15 is 0 Å². The first-order chi connectivity index (χ1) is 15.3. The fourth-order valence-corrected chi connectivity index (χ4v) is 4.55. The van der Waals surface area contributed by atoms with Gasteiger partial charge in [0.2, 0.25) is 5.91 Å². The molecule has 1 aliphatic rings. The first-order valence-corrected chi connectivity index (χ1v) is 12.3. The van der Waals surface area contributed by atoms with Crippen molar-refractivity contribution < 1.29 is 19.4 Å².